The van der Waals surface area contributed by atoms with E-state index in [-0.39, 0.29) is 5.91 Å². The Kier molecular flexibility index (Phi) is 3.69. The second kappa shape index (κ2) is 6.03. The quantitative estimate of drug-likeness (QED) is 0.557. The first-order valence-electron chi connectivity index (χ1n) is 8.09. The lowest BCUT2D eigenvalue weighted by atomic mass is 10.2. The molecule has 2 aromatic heterocycles. The number of carbonyl (C=O) groups excluding carboxylic acids is 1. The van der Waals surface area contributed by atoms with Gasteiger partial charge in [0.05, 0.1) is 18.0 Å². The van der Waals surface area contributed by atoms with E-state index in [9.17, 15) is 10.0 Å². The van der Waals surface area contributed by atoms with Crippen molar-refractivity contribution in [3.8, 4) is 11.4 Å². The Labute approximate surface area is 149 Å². The first kappa shape index (κ1) is 15.9. The molecule has 0 spiro atoms. The van der Waals surface area contributed by atoms with E-state index in [1.54, 1.807) is 42.2 Å². The van der Waals surface area contributed by atoms with Crippen LogP contribution in [0, 0.1) is 6.92 Å². The van der Waals surface area contributed by atoms with E-state index in [1.165, 1.54) is 6.20 Å². The summed E-state index contributed by atoms with van der Waals surface area (Å²) in [7, 11) is 1.76. The average molecular weight is 347 g/mol. The van der Waals surface area contributed by atoms with Crippen LogP contribution in [-0.2, 0) is 7.05 Å². The maximum absolute atomic E-state index is 12.2. The van der Waals surface area contributed by atoms with Gasteiger partial charge in [-0.1, -0.05) is 6.07 Å². The highest BCUT2D eigenvalue weighted by Gasteiger charge is 2.13. The Balaban J connectivity index is 1.61. The SMILES string of the molecule is Cc1ccc2nc(-c3ccc(NC(=O)c4cncn4C)cc3)n(O)c2c1. The standard InChI is InChI=1S/C19H17N5O2/c1-12-3-8-15-16(9-12)24(26)18(22-15)13-4-6-14(7-5-13)21-19(25)17-10-20-11-23(17)2/h3-11,26H,1-2H3,(H,21,25). The molecule has 0 fully saturated rings. The summed E-state index contributed by atoms with van der Waals surface area (Å²) in [5, 5.41) is 13.2. The van der Waals surface area contributed by atoms with Crippen molar-refractivity contribution in [3.05, 3.63) is 66.2 Å². The molecule has 0 atom stereocenters. The summed E-state index contributed by atoms with van der Waals surface area (Å²) in [6.45, 7) is 1.96. The van der Waals surface area contributed by atoms with Gasteiger partial charge in [-0.25, -0.2) is 9.97 Å². The Hall–Kier alpha value is -3.61. The Morgan fingerprint density at radius 1 is 1.15 bits per heavy atom. The van der Waals surface area contributed by atoms with Crippen LogP contribution in [-0.4, -0.2) is 30.4 Å². The number of nitrogens with one attached hydrogen (secondary N) is 1. The third-order valence-corrected chi connectivity index (χ3v) is 4.24. The molecule has 0 aliphatic carbocycles. The van der Waals surface area contributed by atoms with Crippen molar-refractivity contribution in [2.45, 2.75) is 6.92 Å². The minimum Gasteiger partial charge on any atom is -0.426 e. The smallest absolute Gasteiger partial charge is 0.273 e. The summed E-state index contributed by atoms with van der Waals surface area (Å²) in [6, 6.07) is 12.9. The first-order chi connectivity index (χ1) is 12.5. The van der Waals surface area contributed by atoms with Crippen LogP contribution in [0.15, 0.2) is 55.0 Å². The summed E-state index contributed by atoms with van der Waals surface area (Å²) < 4.78 is 2.74. The molecule has 0 saturated heterocycles. The number of nitrogens with zero attached hydrogens (tertiary/aromatic N) is 4. The van der Waals surface area contributed by atoms with E-state index >= 15 is 0 Å². The van der Waals surface area contributed by atoms with Crippen LogP contribution >= 0.6 is 0 Å². The Morgan fingerprint density at radius 3 is 2.62 bits per heavy atom. The van der Waals surface area contributed by atoms with E-state index in [1.807, 2.05) is 25.1 Å². The molecule has 2 N–H and O–H groups in total. The van der Waals surface area contributed by atoms with Gasteiger partial charge in [-0.05, 0) is 48.9 Å². The third-order valence-electron chi connectivity index (χ3n) is 4.24. The second-order valence-electron chi connectivity index (χ2n) is 6.16. The molecular weight excluding hydrogens is 330 g/mol. The predicted molar refractivity (Wildman–Crippen MR) is 98.3 cm³/mol. The van der Waals surface area contributed by atoms with Gasteiger partial charge >= 0.3 is 0 Å². The summed E-state index contributed by atoms with van der Waals surface area (Å²) in [5.74, 6) is 0.220. The van der Waals surface area contributed by atoms with Crippen LogP contribution in [0.25, 0.3) is 22.4 Å². The number of aryl methyl sites for hydroxylation is 2. The molecule has 7 nitrogen and oxygen atoms in total. The number of anilines is 1. The van der Waals surface area contributed by atoms with Crippen molar-refractivity contribution in [2.24, 2.45) is 7.05 Å². The van der Waals surface area contributed by atoms with Crippen molar-refractivity contribution >= 4 is 22.6 Å². The highest BCUT2D eigenvalue weighted by molar-refractivity contribution is 6.03. The molecule has 26 heavy (non-hydrogen) atoms. The van der Waals surface area contributed by atoms with Crippen molar-refractivity contribution in [1.82, 2.24) is 19.3 Å². The highest BCUT2D eigenvalue weighted by atomic mass is 16.5. The molecule has 130 valence electrons. The molecule has 0 unspecified atom stereocenters. The van der Waals surface area contributed by atoms with Gasteiger partial charge in [0, 0.05) is 18.3 Å². The maximum atomic E-state index is 12.2. The minimum atomic E-state index is -0.234. The zero-order chi connectivity index (χ0) is 18.3. The van der Waals surface area contributed by atoms with E-state index in [4.69, 9.17) is 0 Å². The molecule has 7 heteroatoms. The van der Waals surface area contributed by atoms with Crippen LogP contribution in [0.2, 0.25) is 0 Å². The molecule has 0 aliphatic heterocycles. The van der Waals surface area contributed by atoms with Crippen LogP contribution in [0.4, 0.5) is 5.69 Å². The average Bonchev–Trinajstić information content (AvgIpc) is 3.20. The number of carbonyl (C=O) groups is 1. The van der Waals surface area contributed by atoms with Crippen molar-refractivity contribution in [3.63, 3.8) is 0 Å². The van der Waals surface area contributed by atoms with Gasteiger partial charge in [0.2, 0.25) is 0 Å². The lowest BCUT2D eigenvalue weighted by Gasteiger charge is -2.07. The van der Waals surface area contributed by atoms with E-state index < -0.39 is 0 Å². The number of imidazole rings is 2. The van der Waals surface area contributed by atoms with Crippen LogP contribution in [0.1, 0.15) is 16.1 Å². The number of benzene rings is 2. The van der Waals surface area contributed by atoms with Gasteiger partial charge in [-0.2, -0.15) is 4.73 Å². The van der Waals surface area contributed by atoms with Crippen molar-refractivity contribution in [1.29, 1.82) is 0 Å². The lowest BCUT2D eigenvalue weighted by Crippen LogP contribution is -2.15. The second-order valence-corrected chi connectivity index (χ2v) is 6.16. The molecule has 0 aliphatic rings. The Morgan fingerprint density at radius 2 is 1.92 bits per heavy atom. The number of hydrogen-bond donors (Lipinski definition) is 2. The first-order valence-corrected chi connectivity index (χ1v) is 8.09. The van der Waals surface area contributed by atoms with E-state index in [0.717, 1.165) is 21.4 Å². The fourth-order valence-electron chi connectivity index (χ4n) is 2.83. The summed E-state index contributed by atoms with van der Waals surface area (Å²) in [6.07, 6.45) is 3.09. The van der Waals surface area contributed by atoms with Crippen LogP contribution in [0.3, 0.4) is 0 Å². The number of amides is 1. The topological polar surface area (TPSA) is 85.0 Å². The summed E-state index contributed by atoms with van der Waals surface area (Å²) in [4.78, 5) is 20.6. The molecule has 4 aromatic rings. The largest absolute Gasteiger partial charge is 0.426 e. The zero-order valence-corrected chi connectivity index (χ0v) is 14.3. The normalized spacial score (nSPS) is 11.0. The molecule has 4 rings (SSSR count). The predicted octanol–water partition coefficient (Wildman–Crippen LogP) is 3.23. The molecule has 2 aromatic carbocycles. The molecule has 2 heterocycles. The van der Waals surface area contributed by atoms with Crippen molar-refractivity contribution in [2.75, 3.05) is 5.32 Å². The van der Waals surface area contributed by atoms with Crippen LogP contribution < -0.4 is 5.32 Å². The number of fused-ring (bicyclic) bond motifs is 1. The number of hydrogen-bond acceptors (Lipinski definition) is 4. The molecule has 0 saturated carbocycles. The van der Waals surface area contributed by atoms with Gasteiger partial charge in [-0.3, -0.25) is 4.79 Å². The zero-order valence-electron chi connectivity index (χ0n) is 14.3. The van der Waals surface area contributed by atoms with Gasteiger partial charge in [0.15, 0.2) is 5.82 Å². The maximum Gasteiger partial charge on any atom is 0.273 e. The van der Waals surface area contributed by atoms with Crippen LogP contribution in [0.5, 0.6) is 0 Å². The fourth-order valence-corrected chi connectivity index (χ4v) is 2.83. The molecule has 0 radical (unpaired) electrons. The minimum absolute atomic E-state index is 0.234. The van der Waals surface area contributed by atoms with Crippen molar-refractivity contribution < 1.29 is 10.0 Å². The van der Waals surface area contributed by atoms with E-state index in [0.29, 0.717) is 22.7 Å². The third kappa shape index (κ3) is 2.69. The lowest BCUT2D eigenvalue weighted by molar-refractivity contribution is 0.101. The molecule has 1 amide bonds. The number of rotatable bonds is 3. The summed E-state index contributed by atoms with van der Waals surface area (Å²) in [5.41, 5.74) is 4.31. The highest BCUT2D eigenvalue weighted by Crippen LogP contribution is 2.25. The molecular formula is C19H17N5O2. The van der Waals surface area contributed by atoms with Gasteiger partial charge in [0.25, 0.3) is 5.91 Å². The van der Waals surface area contributed by atoms with Gasteiger partial charge in [-0.15, -0.1) is 0 Å². The monoisotopic (exact) mass is 347 g/mol. The van der Waals surface area contributed by atoms with E-state index in [2.05, 4.69) is 15.3 Å². The number of aromatic nitrogens is 4. The molecule has 0 bridgehead atoms. The van der Waals surface area contributed by atoms with Gasteiger partial charge < -0.3 is 15.1 Å². The van der Waals surface area contributed by atoms with Gasteiger partial charge in [0.1, 0.15) is 11.2 Å². The summed E-state index contributed by atoms with van der Waals surface area (Å²) >= 11 is 0. The fraction of sp³-hybridized carbons (Fsp3) is 0.105. The Bertz CT molecular complexity index is 1110.